The number of carbonyl (C=O) groups is 2. The van der Waals surface area contributed by atoms with Crippen molar-refractivity contribution in [1.29, 1.82) is 0 Å². The molecule has 0 saturated carbocycles. The maximum atomic E-state index is 14.0. The van der Waals surface area contributed by atoms with Crippen LogP contribution >= 0.6 is 0 Å². The number of rotatable bonds is 3. The third kappa shape index (κ3) is 3.45. The number of nitrogens with zero attached hydrogens (tertiary/aromatic N) is 1. The molecule has 0 radical (unpaired) electrons. The molecule has 0 bridgehead atoms. The number of aromatic amines is 1. The molecule has 1 aliphatic carbocycles. The monoisotopic (exact) mass is 377 g/mol. The van der Waals surface area contributed by atoms with E-state index in [1.165, 1.54) is 6.07 Å². The zero-order valence-corrected chi connectivity index (χ0v) is 15.5. The summed E-state index contributed by atoms with van der Waals surface area (Å²) < 4.78 is 14.0. The molecular formula is C22H20FN3O2. The third-order valence-electron chi connectivity index (χ3n) is 5.23. The summed E-state index contributed by atoms with van der Waals surface area (Å²) in [5.41, 5.74) is 2.92. The molecule has 6 heteroatoms. The van der Waals surface area contributed by atoms with Crippen molar-refractivity contribution in [3.05, 3.63) is 82.6 Å². The Labute approximate surface area is 162 Å². The van der Waals surface area contributed by atoms with Crippen LogP contribution in [0.2, 0.25) is 0 Å². The molecule has 3 aromatic rings. The second-order valence-electron chi connectivity index (χ2n) is 7.10. The van der Waals surface area contributed by atoms with Crippen LogP contribution < -0.4 is 5.32 Å². The Morgan fingerprint density at radius 2 is 2.14 bits per heavy atom. The number of benzene rings is 1. The average Bonchev–Trinajstić information content (AvgIpc) is 3.05. The topological polar surface area (TPSA) is 74.8 Å². The molecule has 0 spiro atoms. The van der Waals surface area contributed by atoms with Crippen molar-refractivity contribution < 1.29 is 14.0 Å². The number of halogens is 1. The quantitative estimate of drug-likeness (QED) is 0.664. The van der Waals surface area contributed by atoms with Gasteiger partial charge in [-0.1, -0.05) is 18.2 Å². The lowest BCUT2D eigenvalue weighted by molar-refractivity contribution is 0.0959. The van der Waals surface area contributed by atoms with Crippen molar-refractivity contribution in [2.75, 3.05) is 5.32 Å². The van der Waals surface area contributed by atoms with Crippen molar-refractivity contribution in [2.24, 2.45) is 0 Å². The summed E-state index contributed by atoms with van der Waals surface area (Å²) in [6, 6.07) is 10.4. The molecule has 0 saturated heterocycles. The van der Waals surface area contributed by atoms with E-state index >= 15 is 0 Å². The van der Waals surface area contributed by atoms with Crippen LogP contribution in [0.3, 0.4) is 0 Å². The van der Waals surface area contributed by atoms with Gasteiger partial charge in [-0.2, -0.15) is 0 Å². The number of carbonyl (C=O) groups excluding carboxylic acids is 2. The highest BCUT2D eigenvalue weighted by molar-refractivity contribution is 6.13. The lowest BCUT2D eigenvalue weighted by Gasteiger charge is -2.14. The summed E-state index contributed by atoms with van der Waals surface area (Å²) in [5, 5.41) is 2.72. The van der Waals surface area contributed by atoms with E-state index in [2.05, 4.69) is 15.3 Å². The predicted octanol–water partition coefficient (Wildman–Crippen LogP) is 4.41. The summed E-state index contributed by atoms with van der Waals surface area (Å²) in [7, 11) is 0. The van der Waals surface area contributed by atoms with Gasteiger partial charge in [0.25, 0.3) is 5.91 Å². The van der Waals surface area contributed by atoms with Crippen LogP contribution in [0.15, 0.2) is 48.8 Å². The van der Waals surface area contributed by atoms with E-state index in [0.717, 1.165) is 11.3 Å². The lowest BCUT2D eigenvalue weighted by atomic mass is 9.90. The molecule has 2 heterocycles. The number of amides is 1. The molecule has 28 heavy (non-hydrogen) atoms. The fourth-order valence-electron chi connectivity index (χ4n) is 3.68. The van der Waals surface area contributed by atoms with E-state index in [9.17, 15) is 14.0 Å². The maximum absolute atomic E-state index is 14.0. The molecule has 1 aromatic carbocycles. The Bertz CT molecular complexity index is 1040. The first kappa shape index (κ1) is 18.1. The van der Waals surface area contributed by atoms with Gasteiger partial charge in [0.2, 0.25) is 0 Å². The highest BCUT2D eigenvalue weighted by atomic mass is 19.1. The first-order valence-electron chi connectivity index (χ1n) is 9.25. The number of ketones is 1. The van der Waals surface area contributed by atoms with Crippen LogP contribution in [0.1, 0.15) is 56.3 Å². The van der Waals surface area contributed by atoms with E-state index in [0.29, 0.717) is 35.3 Å². The summed E-state index contributed by atoms with van der Waals surface area (Å²) in [5.74, 6) is -0.384. The molecule has 2 N–H and O–H groups in total. The summed E-state index contributed by atoms with van der Waals surface area (Å²) in [4.78, 5) is 32.8. The number of H-pyrrole nitrogens is 1. The molecule has 2 aromatic heterocycles. The van der Waals surface area contributed by atoms with Crippen molar-refractivity contribution in [3.63, 3.8) is 0 Å². The van der Waals surface area contributed by atoms with Gasteiger partial charge < -0.3 is 10.3 Å². The van der Waals surface area contributed by atoms with E-state index in [1.807, 2.05) is 6.07 Å². The molecule has 5 nitrogen and oxygen atoms in total. The van der Waals surface area contributed by atoms with Crippen molar-refractivity contribution >= 4 is 17.5 Å². The van der Waals surface area contributed by atoms with Crippen LogP contribution in [-0.2, 0) is 6.42 Å². The number of nitrogens with one attached hydrogen (secondary N) is 2. The van der Waals surface area contributed by atoms with E-state index in [1.54, 1.807) is 43.6 Å². The molecule has 1 amide bonds. The predicted molar refractivity (Wildman–Crippen MR) is 104 cm³/mol. The Morgan fingerprint density at radius 1 is 1.29 bits per heavy atom. The van der Waals surface area contributed by atoms with Crippen molar-refractivity contribution in [3.8, 4) is 0 Å². The standard InChI is InChI=1S/C22H20FN3O2/c1-13-5-6-14(10-17(13)23)15-7-8-18-21(19(27)11-15)16(12-25-18)22(28)26-20-4-2-3-9-24-20/h2-6,9-10,12,15,25H,7-8,11H2,1H3,(H,24,26,28). The third-order valence-corrected chi connectivity index (χ3v) is 5.23. The summed E-state index contributed by atoms with van der Waals surface area (Å²) in [6.07, 6.45) is 4.74. The first-order valence-corrected chi connectivity index (χ1v) is 9.25. The minimum Gasteiger partial charge on any atom is -0.364 e. The molecule has 4 rings (SSSR count). The highest BCUT2D eigenvalue weighted by Gasteiger charge is 2.29. The number of aryl methyl sites for hydroxylation is 2. The minimum atomic E-state index is -0.371. The zero-order chi connectivity index (χ0) is 19.7. The molecular weight excluding hydrogens is 357 g/mol. The molecule has 142 valence electrons. The van der Waals surface area contributed by atoms with Crippen LogP contribution in [0.5, 0.6) is 0 Å². The van der Waals surface area contributed by atoms with Gasteiger partial charge in [-0.15, -0.1) is 0 Å². The number of hydrogen-bond donors (Lipinski definition) is 2. The number of Topliss-reactive ketones (excluding diaryl/α,β-unsaturated/α-hetero) is 1. The van der Waals surface area contributed by atoms with Crippen LogP contribution in [0.25, 0.3) is 0 Å². The summed E-state index contributed by atoms with van der Waals surface area (Å²) >= 11 is 0. The fraction of sp³-hybridized carbons (Fsp3) is 0.227. The van der Waals surface area contributed by atoms with Gasteiger partial charge in [0.15, 0.2) is 5.78 Å². The largest absolute Gasteiger partial charge is 0.364 e. The first-order chi connectivity index (χ1) is 13.5. The Balaban J connectivity index is 1.58. The van der Waals surface area contributed by atoms with E-state index in [-0.39, 0.29) is 29.8 Å². The van der Waals surface area contributed by atoms with Crippen molar-refractivity contribution in [2.45, 2.75) is 32.1 Å². The molecule has 0 fully saturated rings. The zero-order valence-electron chi connectivity index (χ0n) is 15.5. The number of aromatic nitrogens is 2. The Hall–Kier alpha value is -3.28. The van der Waals surface area contributed by atoms with Gasteiger partial charge in [0.05, 0.1) is 11.1 Å². The second kappa shape index (κ2) is 7.38. The smallest absolute Gasteiger partial charge is 0.259 e. The number of fused-ring (bicyclic) bond motifs is 1. The van der Waals surface area contributed by atoms with Gasteiger partial charge in [-0.05, 0) is 55.0 Å². The second-order valence-corrected chi connectivity index (χ2v) is 7.10. The summed E-state index contributed by atoms with van der Waals surface area (Å²) in [6.45, 7) is 1.72. The molecule has 1 atom stereocenters. The highest BCUT2D eigenvalue weighted by Crippen LogP contribution is 2.33. The van der Waals surface area contributed by atoms with E-state index < -0.39 is 0 Å². The molecule has 1 unspecified atom stereocenters. The van der Waals surface area contributed by atoms with Gasteiger partial charge in [-0.25, -0.2) is 9.37 Å². The Morgan fingerprint density at radius 3 is 2.89 bits per heavy atom. The van der Waals surface area contributed by atoms with E-state index in [4.69, 9.17) is 0 Å². The van der Waals surface area contributed by atoms with Gasteiger partial charge in [0, 0.05) is 24.5 Å². The fourth-order valence-corrected chi connectivity index (χ4v) is 3.68. The van der Waals surface area contributed by atoms with Crippen LogP contribution in [0.4, 0.5) is 10.2 Å². The average molecular weight is 377 g/mol. The lowest BCUT2D eigenvalue weighted by Crippen LogP contribution is -2.16. The number of anilines is 1. The number of pyridine rings is 1. The van der Waals surface area contributed by atoms with Gasteiger partial charge in [-0.3, -0.25) is 9.59 Å². The molecule has 1 aliphatic rings. The number of hydrogen-bond acceptors (Lipinski definition) is 3. The Kier molecular flexibility index (Phi) is 4.77. The van der Waals surface area contributed by atoms with Gasteiger partial charge >= 0.3 is 0 Å². The van der Waals surface area contributed by atoms with Crippen molar-refractivity contribution in [1.82, 2.24) is 9.97 Å². The molecule has 0 aliphatic heterocycles. The minimum absolute atomic E-state index is 0.0740. The SMILES string of the molecule is Cc1ccc(C2CCc3[nH]cc(C(=O)Nc4ccccn4)c3C(=O)C2)cc1F. The van der Waals surface area contributed by atoms with Crippen LogP contribution in [0, 0.1) is 12.7 Å². The van der Waals surface area contributed by atoms with Crippen LogP contribution in [-0.4, -0.2) is 21.7 Å². The normalized spacial score (nSPS) is 16.4. The maximum Gasteiger partial charge on any atom is 0.259 e. The van der Waals surface area contributed by atoms with Gasteiger partial charge in [0.1, 0.15) is 11.6 Å².